The first kappa shape index (κ1) is 12.5. The molecule has 0 bridgehead atoms. The number of aryl methyl sites for hydroxylation is 1. The number of fused-ring (bicyclic) bond motifs is 1. The first-order valence-corrected chi connectivity index (χ1v) is 7.16. The Balaban J connectivity index is 2.01. The van der Waals surface area contributed by atoms with Crippen LogP contribution in [0.1, 0.15) is 50.7 Å². The topological polar surface area (TPSA) is 12.0 Å². The van der Waals surface area contributed by atoms with Gasteiger partial charge in [-0.15, -0.1) is 0 Å². The van der Waals surface area contributed by atoms with Crippen molar-refractivity contribution in [2.24, 2.45) is 5.92 Å². The van der Waals surface area contributed by atoms with E-state index in [0.29, 0.717) is 0 Å². The van der Waals surface area contributed by atoms with Crippen molar-refractivity contribution >= 4 is 5.69 Å². The summed E-state index contributed by atoms with van der Waals surface area (Å²) in [5, 5.41) is 3.66. The van der Waals surface area contributed by atoms with Crippen LogP contribution in [0.25, 0.3) is 0 Å². The normalized spacial score (nSPS) is 16.4. The smallest absolute Gasteiger partial charge is 0.0375 e. The minimum atomic E-state index is 0.777. The number of hydrogen-bond donors (Lipinski definition) is 1. The van der Waals surface area contributed by atoms with Crippen LogP contribution in [-0.2, 0) is 12.8 Å². The molecule has 1 aromatic carbocycles. The summed E-state index contributed by atoms with van der Waals surface area (Å²) in [4.78, 5) is 0. The van der Waals surface area contributed by atoms with Gasteiger partial charge in [0.1, 0.15) is 0 Å². The van der Waals surface area contributed by atoms with E-state index in [4.69, 9.17) is 0 Å². The van der Waals surface area contributed by atoms with E-state index in [-0.39, 0.29) is 0 Å². The quantitative estimate of drug-likeness (QED) is 0.791. The van der Waals surface area contributed by atoms with Gasteiger partial charge in [0.25, 0.3) is 0 Å². The first-order valence-electron chi connectivity index (χ1n) is 7.16. The van der Waals surface area contributed by atoms with E-state index in [1.165, 1.54) is 44.2 Å². The van der Waals surface area contributed by atoms with E-state index in [2.05, 4.69) is 37.4 Å². The lowest BCUT2D eigenvalue weighted by Gasteiger charge is -2.21. The number of benzene rings is 1. The molecule has 1 nitrogen and oxygen atoms in total. The maximum Gasteiger partial charge on any atom is 0.0375 e. The van der Waals surface area contributed by atoms with Crippen molar-refractivity contribution in [3.8, 4) is 0 Å². The Hall–Kier alpha value is -0.980. The highest BCUT2D eigenvalue weighted by Crippen LogP contribution is 2.28. The van der Waals surface area contributed by atoms with E-state index < -0.39 is 0 Å². The molecule has 0 aromatic heterocycles. The molecule has 0 amide bonds. The molecule has 1 aliphatic rings. The van der Waals surface area contributed by atoms with Gasteiger partial charge in [-0.1, -0.05) is 32.4 Å². The largest absolute Gasteiger partial charge is 0.385 e. The van der Waals surface area contributed by atoms with Gasteiger partial charge in [0.2, 0.25) is 0 Å². The Morgan fingerprint density at radius 3 is 2.88 bits per heavy atom. The molecule has 0 radical (unpaired) electrons. The summed E-state index contributed by atoms with van der Waals surface area (Å²) in [5.41, 5.74) is 4.55. The highest BCUT2D eigenvalue weighted by molar-refractivity contribution is 5.55. The zero-order valence-electron chi connectivity index (χ0n) is 11.3. The molecule has 1 N–H and O–H groups in total. The molecule has 0 aliphatic heterocycles. The Morgan fingerprint density at radius 1 is 1.24 bits per heavy atom. The second-order valence-electron chi connectivity index (χ2n) is 5.43. The molecule has 0 spiro atoms. The number of anilines is 1. The fourth-order valence-electron chi connectivity index (χ4n) is 2.83. The van der Waals surface area contributed by atoms with Gasteiger partial charge >= 0.3 is 0 Å². The monoisotopic (exact) mass is 231 g/mol. The van der Waals surface area contributed by atoms with Gasteiger partial charge in [-0.3, -0.25) is 0 Å². The molecule has 1 aliphatic carbocycles. The van der Waals surface area contributed by atoms with Crippen LogP contribution < -0.4 is 5.32 Å². The van der Waals surface area contributed by atoms with Crippen LogP contribution in [0, 0.1) is 5.92 Å². The summed E-state index contributed by atoms with van der Waals surface area (Å²) in [5.74, 6) is 0.777. The van der Waals surface area contributed by atoms with Crippen LogP contribution in [-0.4, -0.2) is 6.54 Å². The molecule has 0 fully saturated rings. The van der Waals surface area contributed by atoms with E-state index in [1.54, 1.807) is 11.1 Å². The number of hydrogen-bond acceptors (Lipinski definition) is 1. The molecule has 1 aromatic rings. The van der Waals surface area contributed by atoms with Crippen molar-refractivity contribution in [1.29, 1.82) is 0 Å². The third kappa shape index (κ3) is 3.24. The SMILES string of the molecule is CCCC(C)CNc1cccc2c1CCCC2. The summed E-state index contributed by atoms with van der Waals surface area (Å²) in [6, 6.07) is 6.76. The molecule has 0 heterocycles. The summed E-state index contributed by atoms with van der Waals surface area (Å²) in [6.07, 6.45) is 7.87. The van der Waals surface area contributed by atoms with Crippen molar-refractivity contribution in [3.63, 3.8) is 0 Å². The van der Waals surface area contributed by atoms with Gasteiger partial charge in [-0.25, -0.2) is 0 Å². The fourth-order valence-corrected chi connectivity index (χ4v) is 2.83. The van der Waals surface area contributed by atoms with Crippen molar-refractivity contribution in [1.82, 2.24) is 0 Å². The van der Waals surface area contributed by atoms with Crippen molar-refractivity contribution in [2.45, 2.75) is 52.4 Å². The van der Waals surface area contributed by atoms with Gasteiger partial charge in [0.05, 0.1) is 0 Å². The molecular formula is C16H25N. The molecule has 0 saturated carbocycles. The predicted molar refractivity (Wildman–Crippen MR) is 75.6 cm³/mol. The van der Waals surface area contributed by atoms with Crippen molar-refractivity contribution in [2.75, 3.05) is 11.9 Å². The molecule has 94 valence electrons. The summed E-state index contributed by atoms with van der Waals surface area (Å²) in [7, 11) is 0. The highest BCUT2D eigenvalue weighted by atomic mass is 14.9. The Kier molecular flexibility index (Phi) is 4.47. The van der Waals surface area contributed by atoms with Crippen LogP contribution in [0.15, 0.2) is 18.2 Å². The van der Waals surface area contributed by atoms with E-state index in [1.807, 2.05) is 0 Å². The molecule has 17 heavy (non-hydrogen) atoms. The minimum absolute atomic E-state index is 0.777. The van der Waals surface area contributed by atoms with Crippen LogP contribution in [0.5, 0.6) is 0 Å². The molecular weight excluding hydrogens is 206 g/mol. The Labute approximate surface area is 106 Å². The minimum Gasteiger partial charge on any atom is -0.385 e. The zero-order valence-corrected chi connectivity index (χ0v) is 11.3. The zero-order chi connectivity index (χ0) is 12.1. The van der Waals surface area contributed by atoms with Gasteiger partial charge in [-0.2, -0.15) is 0 Å². The van der Waals surface area contributed by atoms with E-state index in [0.717, 1.165) is 12.5 Å². The summed E-state index contributed by atoms with van der Waals surface area (Å²) < 4.78 is 0. The van der Waals surface area contributed by atoms with Crippen molar-refractivity contribution < 1.29 is 0 Å². The molecule has 2 rings (SSSR count). The van der Waals surface area contributed by atoms with Gasteiger partial charge in [0, 0.05) is 12.2 Å². The van der Waals surface area contributed by atoms with Crippen molar-refractivity contribution in [3.05, 3.63) is 29.3 Å². The average molecular weight is 231 g/mol. The highest BCUT2D eigenvalue weighted by Gasteiger charge is 2.12. The first-order chi connectivity index (χ1) is 8.31. The lowest BCUT2D eigenvalue weighted by atomic mass is 9.90. The second-order valence-corrected chi connectivity index (χ2v) is 5.43. The van der Waals surface area contributed by atoms with Gasteiger partial charge < -0.3 is 5.32 Å². The molecule has 1 heteroatoms. The maximum atomic E-state index is 3.66. The molecule has 0 saturated heterocycles. The lowest BCUT2D eigenvalue weighted by molar-refractivity contribution is 0.550. The number of nitrogens with one attached hydrogen (secondary N) is 1. The van der Waals surface area contributed by atoms with Crippen LogP contribution >= 0.6 is 0 Å². The van der Waals surface area contributed by atoms with E-state index >= 15 is 0 Å². The lowest BCUT2D eigenvalue weighted by Crippen LogP contribution is -2.14. The van der Waals surface area contributed by atoms with Crippen LogP contribution in [0.3, 0.4) is 0 Å². The number of rotatable bonds is 5. The predicted octanol–water partition coefficient (Wildman–Crippen LogP) is 4.41. The Morgan fingerprint density at radius 2 is 2.06 bits per heavy atom. The maximum absolute atomic E-state index is 3.66. The van der Waals surface area contributed by atoms with Gasteiger partial charge in [0.15, 0.2) is 0 Å². The Bertz CT molecular complexity index is 357. The van der Waals surface area contributed by atoms with Crippen LogP contribution in [0.2, 0.25) is 0 Å². The average Bonchev–Trinajstić information content (AvgIpc) is 2.36. The fraction of sp³-hybridized carbons (Fsp3) is 0.625. The molecule has 1 unspecified atom stereocenters. The standard InChI is InChI=1S/C16H25N/c1-3-7-13(2)12-17-16-11-6-9-14-8-4-5-10-15(14)16/h6,9,11,13,17H,3-5,7-8,10,12H2,1-2H3. The summed E-state index contributed by atoms with van der Waals surface area (Å²) in [6.45, 7) is 5.72. The third-order valence-electron chi connectivity index (χ3n) is 3.82. The summed E-state index contributed by atoms with van der Waals surface area (Å²) >= 11 is 0. The second kappa shape index (κ2) is 6.09. The third-order valence-corrected chi connectivity index (χ3v) is 3.82. The van der Waals surface area contributed by atoms with Gasteiger partial charge in [-0.05, 0) is 55.2 Å². The van der Waals surface area contributed by atoms with Crippen LogP contribution in [0.4, 0.5) is 5.69 Å². The molecule has 1 atom stereocenters. The van der Waals surface area contributed by atoms with E-state index in [9.17, 15) is 0 Å².